The Balaban J connectivity index is 1.65. The molecule has 0 saturated carbocycles. The molecule has 4 heteroatoms. The van der Waals surface area contributed by atoms with Crippen LogP contribution in [0.4, 0.5) is 0 Å². The summed E-state index contributed by atoms with van der Waals surface area (Å²) in [6.07, 6.45) is 4.09. The maximum Gasteiger partial charge on any atom is 0.220 e. The van der Waals surface area contributed by atoms with Crippen molar-refractivity contribution in [1.29, 1.82) is 0 Å². The van der Waals surface area contributed by atoms with Crippen LogP contribution in [0.3, 0.4) is 0 Å². The molecule has 2 heterocycles. The van der Waals surface area contributed by atoms with Gasteiger partial charge in [0, 0.05) is 25.6 Å². The molecule has 2 saturated heterocycles. The van der Waals surface area contributed by atoms with Crippen LogP contribution in [0, 0.1) is 5.92 Å². The summed E-state index contributed by atoms with van der Waals surface area (Å²) >= 11 is 0. The van der Waals surface area contributed by atoms with Gasteiger partial charge in [0.2, 0.25) is 5.91 Å². The molecule has 1 unspecified atom stereocenters. The van der Waals surface area contributed by atoms with E-state index in [2.05, 4.69) is 22.5 Å². The van der Waals surface area contributed by atoms with E-state index in [4.69, 9.17) is 0 Å². The van der Waals surface area contributed by atoms with E-state index in [0.717, 1.165) is 52.0 Å². The molecule has 0 radical (unpaired) electrons. The molecular formula is C13H25N3O. The smallest absolute Gasteiger partial charge is 0.220 e. The number of carbonyl (C=O) groups excluding carboxylic acids is 1. The maximum absolute atomic E-state index is 11.9. The lowest BCUT2D eigenvalue weighted by Gasteiger charge is -2.31. The lowest BCUT2D eigenvalue weighted by Crippen LogP contribution is -2.44. The Labute approximate surface area is 104 Å². The van der Waals surface area contributed by atoms with Gasteiger partial charge in [-0.15, -0.1) is 0 Å². The van der Waals surface area contributed by atoms with Crippen LogP contribution in [-0.2, 0) is 4.79 Å². The molecule has 2 aliphatic rings. The summed E-state index contributed by atoms with van der Waals surface area (Å²) in [5, 5.41) is 6.51. The molecule has 0 aromatic rings. The van der Waals surface area contributed by atoms with Crippen molar-refractivity contribution in [2.24, 2.45) is 5.92 Å². The van der Waals surface area contributed by atoms with E-state index in [1.54, 1.807) is 0 Å². The molecule has 0 aliphatic carbocycles. The first-order chi connectivity index (χ1) is 8.28. The van der Waals surface area contributed by atoms with Crippen LogP contribution in [-0.4, -0.2) is 49.6 Å². The first-order valence-electron chi connectivity index (χ1n) is 7.00. The van der Waals surface area contributed by atoms with E-state index in [0.29, 0.717) is 18.4 Å². The minimum Gasteiger partial charge on any atom is -0.353 e. The predicted octanol–water partition coefficient (Wildman–Crippen LogP) is 0.587. The molecule has 0 bridgehead atoms. The number of carbonyl (C=O) groups is 1. The first kappa shape index (κ1) is 12.8. The zero-order chi connectivity index (χ0) is 12.1. The SMILES string of the molecule is CCN1CCC(NC(=O)CC2CCNC2)CC1. The zero-order valence-corrected chi connectivity index (χ0v) is 10.9. The fraction of sp³-hybridized carbons (Fsp3) is 0.923. The van der Waals surface area contributed by atoms with E-state index < -0.39 is 0 Å². The van der Waals surface area contributed by atoms with Crippen molar-refractivity contribution in [3.05, 3.63) is 0 Å². The number of nitrogens with one attached hydrogen (secondary N) is 2. The molecule has 1 amide bonds. The molecule has 0 aromatic heterocycles. The van der Waals surface area contributed by atoms with Crippen LogP contribution >= 0.6 is 0 Å². The Morgan fingerprint density at radius 3 is 2.71 bits per heavy atom. The largest absolute Gasteiger partial charge is 0.353 e. The number of likely N-dealkylation sites (tertiary alicyclic amines) is 1. The second kappa shape index (κ2) is 6.36. The summed E-state index contributed by atoms with van der Waals surface area (Å²) in [7, 11) is 0. The third-order valence-corrected chi connectivity index (χ3v) is 4.04. The van der Waals surface area contributed by atoms with Crippen LogP contribution in [0.25, 0.3) is 0 Å². The maximum atomic E-state index is 11.9. The molecule has 1 atom stereocenters. The summed E-state index contributed by atoms with van der Waals surface area (Å²) in [5.41, 5.74) is 0. The van der Waals surface area contributed by atoms with E-state index in [-0.39, 0.29) is 5.91 Å². The standard InChI is InChI=1S/C13H25N3O/c1-2-16-7-4-12(5-8-16)15-13(17)9-11-3-6-14-10-11/h11-12,14H,2-10H2,1H3,(H,15,17). The highest BCUT2D eigenvalue weighted by Crippen LogP contribution is 2.14. The van der Waals surface area contributed by atoms with Crippen molar-refractivity contribution in [1.82, 2.24) is 15.5 Å². The number of nitrogens with zero attached hydrogens (tertiary/aromatic N) is 1. The highest BCUT2D eigenvalue weighted by Gasteiger charge is 2.22. The van der Waals surface area contributed by atoms with Crippen LogP contribution in [0.15, 0.2) is 0 Å². The van der Waals surface area contributed by atoms with Gasteiger partial charge in [-0.05, 0) is 44.8 Å². The summed E-state index contributed by atoms with van der Waals surface area (Å²) < 4.78 is 0. The Kier molecular flexibility index (Phi) is 4.80. The van der Waals surface area contributed by atoms with Crippen molar-refractivity contribution >= 4 is 5.91 Å². The number of rotatable bonds is 4. The second-order valence-corrected chi connectivity index (χ2v) is 5.34. The summed E-state index contributed by atoms with van der Waals surface area (Å²) in [5.74, 6) is 0.819. The van der Waals surface area contributed by atoms with E-state index >= 15 is 0 Å². The minimum atomic E-state index is 0.258. The van der Waals surface area contributed by atoms with Crippen LogP contribution in [0.2, 0.25) is 0 Å². The molecule has 2 fully saturated rings. The van der Waals surface area contributed by atoms with Gasteiger partial charge in [0.1, 0.15) is 0 Å². The average Bonchev–Trinajstić information content (AvgIpc) is 2.82. The fourth-order valence-electron chi connectivity index (χ4n) is 2.83. The normalized spacial score (nSPS) is 27.2. The van der Waals surface area contributed by atoms with Crippen molar-refractivity contribution < 1.29 is 4.79 Å². The van der Waals surface area contributed by atoms with E-state index in [1.807, 2.05) is 0 Å². The number of hydrogen-bond donors (Lipinski definition) is 2. The quantitative estimate of drug-likeness (QED) is 0.754. The molecular weight excluding hydrogens is 214 g/mol. The summed E-state index contributed by atoms with van der Waals surface area (Å²) in [6.45, 7) is 7.69. The van der Waals surface area contributed by atoms with Gasteiger partial charge in [-0.1, -0.05) is 6.92 Å². The fourth-order valence-corrected chi connectivity index (χ4v) is 2.83. The molecule has 98 valence electrons. The van der Waals surface area contributed by atoms with Crippen LogP contribution in [0.5, 0.6) is 0 Å². The molecule has 2 N–H and O–H groups in total. The van der Waals surface area contributed by atoms with Gasteiger partial charge >= 0.3 is 0 Å². The topological polar surface area (TPSA) is 44.4 Å². The van der Waals surface area contributed by atoms with Crippen molar-refractivity contribution in [3.63, 3.8) is 0 Å². The van der Waals surface area contributed by atoms with E-state index in [1.165, 1.54) is 0 Å². The average molecular weight is 239 g/mol. The molecule has 2 aliphatic heterocycles. The van der Waals surface area contributed by atoms with Gasteiger partial charge in [-0.2, -0.15) is 0 Å². The van der Waals surface area contributed by atoms with Crippen LogP contribution < -0.4 is 10.6 Å². The molecule has 0 aromatic carbocycles. The number of piperidine rings is 1. The highest BCUT2D eigenvalue weighted by atomic mass is 16.1. The lowest BCUT2D eigenvalue weighted by atomic mass is 10.0. The van der Waals surface area contributed by atoms with Gasteiger partial charge in [-0.25, -0.2) is 0 Å². The van der Waals surface area contributed by atoms with E-state index in [9.17, 15) is 4.79 Å². The Morgan fingerprint density at radius 1 is 1.35 bits per heavy atom. The van der Waals surface area contributed by atoms with Crippen LogP contribution in [0.1, 0.15) is 32.6 Å². The Hall–Kier alpha value is -0.610. The summed E-state index contributed by atoms with van der Waals surface area (Å²) in [6, 6.07) is 0.416. The second-order valence-electron chi connectivity index (χ2n) is 5.34. The third-order valence-electron chi connectivity index (χ3n) is 4.04. The minimum absolute atomic E-state index is 0.258. The van der Waals surface area contributed by atoms with Gasteiger partial charge in [0.25, 0.3) is 0 Å². The molecule has 17 heavy (non-hydrogen) atoms. The van der Waals surface area contributed by atoms with Crippen molar-refractivity contribution in [2.75, 3.05) is 32.7 Å². The number of amides is 1. The van der Waals surface area contributed by atoms with Gasteiger partial charge < -0.3 is 15.5 Å². The first-order valence-corrected chi connectivity index (χ1v) is 7.00. The lowest BCUT2D eigenvalue weighted by molar-refractivity contribution is -0.122. The summed E-state index contributed by atoms with van der Waals surface area (Å²) in [4.78, 5) is 14.3. The molecule has 0 spiro atoms. The predicted molar refractivity (Wildman–Crippen MR) is 68.9 cm³/mol. The van der Waals surface area contributed by atoms with Gasteiger partial charge in [-0.3, -0.25) is 4.79 Å². The monoisotopic (exact) mass is 239 g/mol. The zero-order valence-electron chi connectivity index (χ0n) is 10.9. The Morgan fingerprint density at radius 2 is 2.12 bits per heavy atom. The molecule has 2 rings (SSSR count). The van der Waals surface area contributed by atoms with Gasteiger partial charge in [0.15, 0.2) is 0 Å². The highest BCUT2D eigenvalue weighted by molar-refractivity contribution is 5.76. The van der Waals surface area contributed by atoms with Gasteiger partial charge in [0.05, 0.1) is 0 Å². The van der Waals surface area contributed by atoms with Crippen molar-refractivity contribution in [2.45, 2.75) is 38.6 Å². The third kappa shape index (κ3) is 3.96. The van der Waals surface area contributed by atoms with Crippen molar-refractivity contribution in [3.8, 4) is 0 Å². The molecule has 4 nitrogen and oxygen atoms in total. The number of hydrogen-bond acceptors (Lipinski definition) is 3. The Bertz CT molecular complexity index is 243.